The van der Waals surface area contributed by atoms with Crippen molar-refractivity contribution >= 4 is 22.4 Å². The average Bonchev–Trinajstić information content (AvgIpc) is 2.64. The number of aromatic nitrogens is 2. The van der Waals surface area contributed by atoms with Crippen molar-refractivity contribution in [3.05, 3.63) is 5.01 Å². The lowest BCUT2D eigenvalue weighted by Gasteiger charge is -2.13. The van der Waals surface area contributed by atoms with Gasteiger partial charge >= 0.3 is 0 Å². The van der Waals surface area contributed by atoms with Crippen LogP contribution in [0, 0.1) is 5.92 Å². The Morgan fingerprint density at radius 1 is 1.53 bits per heavy atom. The maximum absolute atomic E-state index is 11.6. The summed E-state index contributed by atoms with van der Waals surface area (Å²) in [5.41, 5.74) is 5.69. The summed E-state index contributed by atoms with van der Waals surface area (Å²) in [5, 5.41) is 11.8. The maximum Gasteiger partial charge on any atom is 0.243 e. The number of carbonyl (C=O) groups is 1. The standard InChI is InChI=1S/C9H16N4OS/c1-4-6-12-13-9(15-6)11-8(14)7(10)5(2)3/h5,7H,4,10H2,1-3H3,(H,11,13,14). The van der Waals surface area contributed by atoms with Crippen molar-refractivity contribution < 1.29 is 4.79 Å². The molecule has 1 rings (SSSR count). The number of carbonyl (C=O) groups excluding carboxylic acids is 1. The molecular formula is C9H16N4OS. The van der Waals surface area contributed by atoms with Crippen LogP contribution in [-0.4, -0.2) is 22.1 Å². The molecule has 3 N–H and O–H groups in total. The number of aryl methyl sites for hydroxylation is 1. The first-order chi connectivity index (χ1) is 7.04. The Labute approximate surface area is 93.1 Å². The first kappa shape index (κ1) is 12.1. The predicted molar refractivity (Wildman–Crippen MR) is 60.7 cm³/mol. The van der Waals surface area contributed by atoms with Crippen LogP contribution in [0.4, 0.5) is 5.13 Å². The van der Waals surface area contributed by atoms with Crippen molar-refractivity contribution in [3.63, 3.8) is 0 Å². The maximum atomic E-state index is 11.6. The molecule has 1 unspecified atom stereocenters. The average molecular weight is 228 g/mol. The second-order valence-corrected chi connectivity index (χ2v) is 4.68. The predicted octanol–water partition coefficient (Wildman–Crippen LogP) is 1.02. The van der Waals surface area contributed by atoms with Gasteiger partial charge in [0.1, 0.15) is 5.01 Å². The molecule has 1 amide bonds. The highest BCUT2D eigenvalue weighted by molar-refractivity contribution is 7.15. The third-order valence-corrected chi connectivity index (χ3v) is 3.00. The van der Waals surface area contributed by atoms with E-state index >= 15 is 0 Å². The second kappa shape index (κ2) is 5.18. The minimum absolute atomic E-state index is 0.114. The molecule has 0 fully saturated rings. The van der Waals surface area contributed by atoms with Gasteiger partial charge in [-0.05, 0) is 12.3 Å². The zero-order valence-corrected chi connectivity index (χ0v) is 9.97. The third kappa shape index (κ3) is 3.24. The molecule has 0 aromatic carbocycles. The van der Waals surface area contributed by atoms with Crippen molar-refractivity contribution in [2.75, 3.05) is 5.32 Å². The summed E-state index contributed by atoms with van der Waals surface area (Å²) in [7, 11) is 0. The summed E-state index contributed by atoms with van der Waals surface area (Å²) in [6.07, 6.45) is 0.823. The van der Waals surface area contributed by atoms with Gasteiger partial charge in [0.15, 0.2) is 0 Å². The van der Waals surface area contributed by atoms with Gasteiger partial charge in [0.25, 0.3) is 0 Å². The Balaban J connectivity index is 2.58. The molecule has 0 saturated heterocycles. The van der Waals surface area contributed by atoms with Gasteiger partial charge in [-0.3, -0.25) is 10.1 Å². The number of amides is 1. The zero-order chi connectivity index (χ0) is 11.4. The molecule has 0 bridgehead atoms. The minimum Gasteiger partial charge on any atom is -0.320 e. The largest absolute Gasteiger partial charge is 0.320 e. The van der Waals surface area contributed by atoms with Crippen molar-refractivity contribution in [2.24, 2.45) is 11.7 Å². The summed E-state index contributed by atoms with van der Waals surface area (Å²) in [6, 6.07) is -0.501. The van der Waals surface area contributed by atoms with Gasteiger partial charge in [-0.15, -0.1) is 10.2 Å². The van der Waals surface area contributed by atoms with Crippen LogP contribution >= 0.6 is 11.3 Å². The summed E-state index contributed by atoms with van der Waals surface area (Å²) in [6.45, 7) is 5.80. The smallest absolute Gasteiger partial charge is 0.243 e. The van der Waals surface area contributed by atoms with Gasteiger partial charge in [0.2, 0.25) is 11.0 Å². The summed E-state index contributed by atoms with van der Waals surface area (Å²) < 4.78 is 0. The normalized spacial score (nSPS) is 12.9. The topological polar surface area (TPSA) is 80.9 Å². The summed E-state index contributed by atoms with van der Waals surface area (Å²) in [5.74, 6) is -0.0904. The van der Waals surface area contributed by atoms with Crippen LogP contribution in [0.15, 0.2) is 0 Å². The highest BCUT2D eigenvalue weighted by Gasteiger charge is 2.18. The van der Waals surface area contributed by atoms with E-state index in [0.29, 0.717) is 5.13 Å². The molecule has 0 aliphatic rings. The van der Waals surface area contributed by atoms with Crippen LogP contribution in [-0.2, 0) is 11.2 Å². The SMILES string of the molecule is CCc1nnc(NC(=O)C(N)C(C)C)s1. The Morgan fingerprint density at radius 2 is 2.20 bits per heavy atom. The summed E-state index contributed by atoms with van der Waals surface area (Å²) >= 11 is 1.38. The lowest BCUT2D eigenvalue weighted by Crippen LogP contribution is -2.39. The molecule has 0 aliphatic heterocycles. The van der Waals surface area contributed by atoms with E-state index in [4.69, 9.17) is 5.73 Å². The van der Waals surface area contributed by atoms with Crippen LogP contribution in [0.3, 0.4) is 0 Å². The molecule has 5 nitrogen and oxygen atoms in total. The molecule has 1 atom stereocenters. The van der Waals surface area contributed by atoms with Crippen molar-refractivity contribution in [3.8, 4) is 0 Å². The lowest BCUT2D eigenvalue weighted by atomic mass is 10.1. The van der Waals surface area contributed by atoms with Crippen LogP contribution in [0.25, 0.3) is 0 Å². The van der Waals surface area contributed by atoms with Gasteiger partial charge < -0.3 is 5.73 Å². The lowest BCUT2D eigenvalue weighted by molar-refractivity contribution is -0.118. The van der Waals surface area contributed by atoms with E-state index in [1.54, 1.807) is 0 Å². The molecule has 6 heteroatoms. The molecule has 0 saturated carbocycles. The number of rotatable bonds is 4. The van der Waals surface area contributed by atoms with E-state index in [0.717, 1.165) is 11.4 Å². The van der Waals surface area contributed by atoms with Crippen molar-refractivity contribution in [1.29, 1.82) is 0 Å². The molecule has 0 aliphatic carbocycles. The fourth-order valence-corrected chi connectivity index (χ4v) is 1.62. The summed E-state index contributed by atoms with van der Waals surface area (Å²) in [4.78, 5) is 11.6. The molecular weight excluding hydrogens is 212 g/mol. The number of nitrogens with two attached hydrogens (primary N) is 1. The van der Waals surface area contributed by atoms with Crippen molar-refractivity contribution in [1.82, 2.24) is 10.2 Å². The minimum atomic E-state index is -0.501. The molecule has 0 radical (unpaired) electrons. The van der Waals surface area contributed by atoms with Crippen LogP contribution < -0.4 is 11.1 Å². The molecule has 1 aromatic heterocycles. The van der Waals surface area contributed by atoms with E-state index < -0.39 is 6.04 Å². The van der Waals surface area contributed by atoms with Gasteiger partial charge in [-0.1, -0.05) is 32.1 Å². The van der Waals surface area contributed by atoms with Gasteiger partial charge in [-0.25, -0.2) is 0 Å². The van der Waals surface area contributed by atoms with Crippen molar-refractivity contribution in [2.45, 2.75) is 33.2 Å². The number of hydrogen-bond donors (Lipinski definition) is 2. The fourth-order valence-electron chi connectivity index (χ4n) is 0.938. The Hall–Kier alpha value is -1.01. The quantitative estimate of drug-likeness (QED) is 0.806. The van der Waals surface area contributed by atoms with E-state index in [9.17, 15) is 4.79 Å². The number of hydrogen-bond acceptors (Lipinski definition) is 5. The van der Waals surface area contributed by atoms with Gasteiger partial charge in [-0.2, -0.15) is 0 Å². The molecule has 1 aromatic rings. The number of nitrogens with one attached hydrogen (secondary N) is 1. The number of anilines is 1. The van der Waals surface area contributed by atoms with Crippen LogP contribution in [0.5, 0.6) is 0 Å². The first-order valence-electron chi connectivity index (χ1n) is 4.93. The first-order valence-corrected chi connectivity index (χ1v) is 5.75. The molecule has 84 valence electrons. The van der Waals surface area contributed by atoms with E-state index in [2.05, 4.69) is 15.5 Å². The van der Waals surface area contributed by atoms with E-state index in [1.165, 1.54) is 11.3 Å². The third-order valence-electron chi connectivity index (χ3n) is 2.02. The van der Waals surface area contributed by atoms with E-state index in [1.807, 2.05) is 20.8 Å². The van der Waals surface area contributed by atoms with Gasteiger partial charge in [0.05, 0.1) is 6.04 Å². The number of nitrogens with zero attached hydrogens (tertiary/aromatic N) is 2. The van der Waals surface area contributed by atoms with Gasteiger partial charge in [0, 0.05) is 0 Å². The van der Waals surface area contributed by atoms with Crippen LogP contribution in [0.1, 0.15) is 25.8 Å². The fraction of sp³-hybridized carbons (Fsp3) is 0.667. The Morgan fingerprint density at radius 3 is 2.67 bits per heavy atom. The molecule has 0 spiro atoms. The zero-order valence-electron chi connectivity index (χ0n) is 9.15. The van der Waals surface area contributed by atoms with Crippen LogP contribution in [0.2, 0.25) is 0 Å². The highest BCUT2D eigenvalue weighted by Crippen LogP contribution is 2.15. The highest BCUT2D eigenvalue weighted by atomic mass is 32.1. The monoisotopic (exact) mass is 228 g/mol. The Bertz CT molecular complexity index is 337. The Kier molecular flexibility index (Phi) is 4.16. The molecule has 15 heavy (non-hydrogen) atoms. The van der Waals surface area contributed by atoms with E-state index in [-0.39, 0.29) is 11.8 Å². The molecule has 1 heterocycles. The second-order valence-electron chi connectivity index (χ2n) is 3.61.